The Bertz CT molecular complexity index is 372. The summed E-state index contributed by atoms with van der Waals surface area (Å²) in [4.78, 5) is 21.7. The van der Waals surface area contributed by atoms with Crippen molar-refractivity contribution in [1.82, 2.24) is 0 Å². The number of carboxylic acid groups (broad SMARTS) is 1. The first-order valence-corrected chi connectivity index (χ1v) is 4.01. The van der Waals surface area contributed by atoms with Crippen molar-refractivity contribution >= 4 is 11.8 Å². The van der Waals surface area contributed by atoms with E-state index in [9.17, 15) is 14.7 Å². The molecule has 0 fully saturated rings. The highest BCUT2D eigenvalue weighted by Gasteiger charge is 2.16. The van der Waals surface area contributed by atoms with Gasteiger partial charge in [0.05, 0.1) is 5.56 Å². The zero-order valence-electron chi connectivity index (χ0n) is 7.87. The maximum atomic E-state index is 11.0. The van der Waals surface area contributed by atoms with Gasteiger partial charge in [-0.1, -0.05) is 0 Å². The summed E-state index contributed by atoms with van der Waals surface area (Å²) in [5, 5.41) is 18.2. The van der Waals surface area contributed by atoms with Crippen molar-refractivity contribution in [3.63, 3.8) is 0 Å². The molecule has 0 atom stereocenters. The largest absolute Gasteiger partial charge is 0.506 e. The van der Waals surface area contributed by atoms with E-state index in [0.29, 0.717) is 5.56 Å². The highest BCUT2D eigenvalue weighted by atomic mass is 16.4. The van der Waals surface area contributed by atoms with Crippen LogP contribution in [-0.2, 0) is 0 Å². The first-order valence-electron chi connectivity index (χ1n) is 4.01. The van der Waals surface area contributed by atoms with Crippen LogP contribution in [0.4, 0.5) is 0 Å². The molecule has 0 aliphatic rings. The van der Waals surface area contributed by atoms with Crippen molar-refractivity contribution < 1.29 is 19.8 Å². The van der Waals surface area contributed by atoms with Gasteiger partial charge in [-0.2, -0.15) is 0 Å². The van der Waals surface area contributed by atoms with Gasteiger partial charge in [0.2, 0.25) is 0 Å². The van der Waals surface area contributed by atoms with Gasteiger partial charge in [0.25, 0.3) is 0 Å². The molecule has 4 heteroatoms. The number of hydrogen-bond donors (Lipinski definition) is 2. The molecular weight excluding hydrogens is 184 g/mol. The molecule has 4 nitrogen and oxygen atoms in total. The Kier molecular flexibility index (Phi) is 2.56. The fraction of sp³-hybridized carbons (Fsp3) is 0.200. The van der Waals surface area contributed by atoms with Crippen molar-refractivity contribution in [3.05, 3.63) is 28.8 Å². The molecule has 2 N–H and O–H groups in total. The quantitative estimate of drug-likeness (QED) is 0.701. The van der Waals surface area contributed by atoms with Gasteiger partial charge in [0.1, 0.15) is 11.3 Å². The number of hydrogen-bond acceptors (Lipinski definition) is 3. The number of rotatable bonds is 2. The molecule has 0 saturated carbocycles. The molecule has 0 aliphatic carbocycles. The van der Waals surface area contributed by atoms with Crippen LogP contribution in [0.5, 0.6) is 5.75 Å². The van der Waals surface area contributed by atoms with Gasteiger partial charge in [0, 0.05) is 0 Å². The van der Waals surface area contributed by atoms with Gasteiger partial charge >= 0.3 is 5.97 Å². The van der Waals surface area contributed by atoms with E-state index in [-0.39, 0.29) is 16.9 Å². The summed E-state index contributed by atoms with van der Waals surface area (Å²) >= 11 is 0. The van der Waals surface area contributed by atoms with Gasteiger partial charge in [-0.25, -0.2) is 4.79 Å². The average molecular weight is 194 g/mol. The van der Waals surface area contributed by atoms with E-state index in [1.165, 1.54) is 19.1 Å². The predicted molar refractivity (Wildman–Crippen MR) is 49.8 cm³/mol. The van der Waals surface area contributed by atoms with Gasteiger partial charge in [-0.3, -0.25) is 4.79 Å². The van der Waals surface area contributed by atoms with Gasteiger partial charge in [0.15, 0.2) is 5.78 Å². The van der Waals surface area contributed by atoms with Crippen molar-refractivity contribution in [2.24, 2.45) is 0 Å². The lowest BCUT2D eigenvalue weighted by Gasteiger charge is -2.05. The minimum absolute atomic E-state index is 0.0439. The number of aryl methyl sites for hydroxylation is 1. The van der Waals surface area contributed by atoms with Crippen LogP contribution in [0.25, 0.3) is 0 Å². The smallest absolute Gasteiger partial charge is 0.339 e. The molecule has 74 valence electrons. The highest BCUT2D eigenvalue weighted by molar-refractivity contribution is 6.01. The Hall–Kier alpha value is -1.84. The molecule has 0 saturated heterocycles. The Morgan fingerprint density at radius 1 is 1.21 bits per heavy atom. The first-order chi connectivity index (χ1) is 6.43. The number of carboxylic acids is 1. The maximum Gasteiger partial charge on any atom is 0.339 e. The summed E-state index contributed by atoms with van der Waals surface area (Å²) in [6.07, 6.45) is 0. The van der Waals surface area contributed by atoms with E-state index in [2.05, 4.69) is 0 Å². The third-order valence-corrected chi connectivity index (χ3v) is 1.86. The van der Waals surface area contributed by atoms with Crippen LogP contribution in [0.3, 0.4) is 0 Å². The number of phenols is 1. The van der Waals surface area contributed by atoms with Crippen LogP contribution in [-0.4, -0.2) is 22.0 Å². The minimum atomic E-state index is -1.24. The lowest BCUT2D eigenvalue weighted by atomic mass is 10.0. The van der Waals surface area contributed by atoms with E-state index >= 15 is 0 Å². The Morgan fingerprint density at radius 3 is 2.14 bits per heavy atom. The Labute approximate surface area is 80.8 Å². The van der Waals surface area contributed by atoms with Gasteiger partial charge in [-0.05, 0) is 31.5 Å². The van der Waals surface area contributed by atoms with E-state index in [1.807, 2.05) is 0 Å². The maximum absolute atomic E-state index is 11.0. The third kappa shape index (κ3) is 1.74. The Morgan fingerprint density at radius 2 is 1.71 bits per heavy atom. The fourth-order valence-electron chi connectivity index (χ4n) is 1.21. The number of aromatic carboxylic acids is 1. The zero-order valence-corrected chi connectivity index (χ0v) is 7.87. The number of Topliss-reactive ketones (excluding diaryl/α,β-unsaturated/α-hetero) is 1. The second-order valence-corrected chi connectivity index (χ2v) is 3.07. The van der Waals surface area contributed by atoms with Crippen molar-refractivity contribution in [2.75, 3.05) is 0 Å². The second kappa shape index (κ2) is 3.49. The average Bonchev–Trinajstić information content (AvgIpc) is 2.07. The Balaban J connectivity index is 3.47. The zero-order chi connectivity index (χ0) is 10.9. The molecular formula is C10H10O4. The van der Waals surface area contributed by atoms with Gasteiger partial charge in [-0.15, -0.1) is 0 Å². The van der Waals surface area contributed by atoms with Crippen LogP contribution in [0.1, 0.15) is 33.2 Å². The molecule has 1 rings (SSSR count). The van der Waals surface area contributed by atoms with Crippen LogP contribution in [0.15, 0.2) is 12.1 Å². The molecule has 0 heterocycles. The van der Waals surface area contributed by atoms with Crippen LogP contribution in [0.2, 0.25) is 0 Å². The molecule has 0 unspecified atom stereocenters. The number of ketones is 1. The predicted octanol–water partition coefficient (Wildman–Crippen LogP) is 1.60. The molecule has 0 aromatic heterocycles. The van der Waals surface area contributed by atoms with Crippen LogP contribution >= 0.6 is 0 Å². The summed E-state index contributed by atoms with van der Waals surface area (Å²) in [5.74, 6) is -2.06. The summed E-state index contributed by atoms with van der Waals surface area (Å²) in [5.41, 5.74) is 0.433. The molecule has 1 aromatic carbocycles. The van der Waals surface area contributed by atoms with Crippen LogP contribution in [0, 0.1) is 6.92 Å². The molecule has 14 heavy (non-hydrogen) atoms. The normalized spacial score (nSPS) is 9.86. The lowest BCUT2D eigenvalue weighted by Crippen LogP contribution is -2.02. The number of benzene rings is 1. The number of carbonyl (C=O) groups excluding carboxylic acids is 1. The highest BCUT2D eigenvalue weighted by Crippen LogP contribution is 2.24. The number of aromatic hydroxyl groups is 1. The van der Waals surface area contributed by atoms with E-state index < -0.39 is 11.7 Å². The monoisotopic (exact) mass is 194 g/mol. The number of carbonyl (C=O) groups is 2. The summed E-state index contributed by atoms with van der Waals surface area (Å²) < 4.78 is 0. The summed E-state index contributed by atoms with van der Waals surface area (Å²) in [6.45, 7) is 2.94. The van der Waals surface area contributed by atoms with Crippen LogP contribution < -0.4 is 0 Å². The first kappa shape index (κ1) is 10.2. The van der Waals surface area contributed by atoms with Crippen molar-refractivity contribution in [3.8, 4) is 5.75 Å². The standard InChI is InChI=1S/C10H10O4/c1-5-3-7(6(2)11)9(12)8(4-5)10(13)14/h3-4,12H,1-2H3,(H,13,14). The molecule has 0 radical (unpaired) electrons. The molecule has 0 spiro atoms. The summed E-state index contributed by atoms with van der Waals surface area (Å²) in [6, 6.07) is 2.79. The summed E-state index contributed by atoms with van der Waals surface area (Å²) in [7, 11) is 0. The van der Waals surface area contributed by atoms with E-state index in [4.69, 9.17) is 5.11 Å². The fourth-order valence-corrected chi connectivity index (χ4v) is 1.21. The molecule has 0 amide bonds. The second-order valence-electron chi connectivity index (χ2n) is 3.07. The molecule has 0 aliphatic heterocycles. The topological polar surface area (TPSA) is 74.6 Å². The molecule has 1 aromatic rings. The molecule has 0 bridgehead atoms. The lowest BCUT2D eigenvalue weighted by molar-refractivity contribution is 0.0693. The minimum Gasteiger partial charge on any atom is -0.506 e. The van der Waals surface area contributed by atoms with Crippen molar-refractivity contribution in [1.29, 1.82) is 0 Å². The van der Waals surface area contributed by atoms with Crippen molar-refractivity contribution in [2.45, 2.75) is 13.8 Å². The third-order valence-electron chi connectivity index (χ3n) is 1.86. The van der Waals surface area contributed by atoms with E-state index in [1.54, 1.807) is 6.92 Å². The van der Waals surface area contributed by atoms with E-state index in [0.717, 1.165) is 0 Å². The SMILES string of the molecule is CC(=O)c1cc(C)cc(C(=O)O)c1O. The van der Waals surface area contributed by atoms with Gasteiger partial charge < -0.3 is 10.2 Å².